The average molecular weight is 437 g/mol. The zero-order chi connectivity index (χ0) is 21.4. The van der Waals surface area contributed by atoms with E-state index in [0.29, 0.717) is 6.42 Å². The molecule has 0 saturated carbocycles. The molecule has 0 aliphatic carbocycles. The van der Waals surface area contributed by atoms with E-state index in [-0.39, 0.29) is 12.0 Å². The summed E-state index contributed by atoms with van der Waals surface area (Å²) in [6, 6.07) is 12.0. The number of piperidine rings is 1. The van der Waals surface area contributed by atoms with Crippen molar-refractivity contribution in [1.29, 1.82) is 0 Å². The molecule has 1 fully saturated rings. The van der Waals surface area contributed by atoms with Crippen molar-refractivity contribution < 1.29 is 5.11 Å². The van der Waals surface area contributed by atoms with Crippen LogP contribution in [0.1, 0.15) is 29.8 Å². The number of anilines is 1. The Morgan fingerprint density at radius 1 is 1.13 bits per heavy atom. The second-order valence-electron chi connectivity index (χ2n) is 8.32. The predicted octanol–water partition coefficient (Wildman–Crippen LogP) is 3.24. The molecule has 160 valence electrons. The van der Waals surface area contributed by atoms with E-state index in [9.17, 15) is 5.11 Å². The molecule has 5 rings (SSSR count). The molecule has 4 aromatic rings. The molecule has 1 aliphatic rings. The van der Waals surface area contributed by atoms with E-state index in [1.54, 1.807) is 4.68 Å². The minimum Gasteiger partial charge on any atom is -0.395 e. The number of aliphatic hydroxyl groups is 1. The van der Waals surface area contributed by atoms with Crippen molar-refractivity contribution in [2.75, 3.05) is 24.6 Å². The van der Waals surface area contributed by atoms with Gasteiger partial charge in [-0.2, -0.15) is 10.2 Å². The maximum atomic E-state index is 10.3. The lowest BCUT2D eigenvalue weighted by Crippen LogP contribution is -2.45. The summed E-state index contributed by atoms with van der Waals surface area (Å²) in [7, 11) is 1.91. The zero-order valence-corrected chi connectivity index (χ0v) is 18.2. The third-order valence-electron chi connectivity index (χ3n) is 6.33. The van der Waals surface area contributed by atoms with E-state index in [1.165, 1.54) is 0 Å². The largest absolute Gasteiger partial charge is 0.395 e. The number of rotatable bonds is 5. The molecule has 31 heavy (non-hydrogen) atoms. The molecule has 1 aliphatic heterocycles. The van der Waals surface area contributed by atoms with Crippen molar-refractivity contribution in [3.63, 3.8) is 0 Å². The molecule has 0 spiro atoms. The summed E-state index contributed by atoms with van der Waals surface area (Å²) in [5, 5.41) is 19.9. The summed E-state index contributed by atoms with van der Waals surface area (Å²) in [5.74, 6) is 0.781. The normalized spacial score (nSPS) is 16.2. The first-order valence-electron chi connectivity index (χ1n) is 10.5. The van der Waals surface area contributed by atoms with Gasteiger partial charge >= 0.3 is 0 Å². The van der Waals surface area contributed by atoms with E-state index >= 15 is 0 Å². The van der Waals surface area contributed by atoms with Crippen LogP contribution in [0.2, 0.25) is 5.02 Å². The first-order valence-corrected chi connectivity index (χ1v) is 10.9. The van der Waals surface area contributed by atoms with Crippen LogP contribution >= 0.6 is 11.6 Å². The Morgan fingerprint density at radius 3 is 2.58 bits per heavy atom. The number of aliphatic hydroxyl groups excluding tert-OH is 1. The Hall–Kier alpha value is -2.90. The SMILES string of the molecule is Cn1cc(Cc2nc3c(N4CCC(CO)(c5ccc(Cl)cc5)CC4)cccn3n2)cn1. The van der Waals surface area contributed by atoms with E-state index in [4.69, 9.17) is 16.6 Å². The van der Waals surface area contributed by atoms with E-state index in [2.05, 4.69) is 21.2 Å². The summed E-state index contributed by atoms with van der Waals surface area (Å²) in [6.45, 7) is 1.81. The summed E-state index contributed by atoms with van der Waals surface area (Å²) in [4.78, 5) is 7.17. The summed E-state index contributed by atoms with van der Waals surface area (Å²) in [5.41, 5.74) is 3.96. The highest BCUT2D eigenvalue weighted by molar-refractivity contribution is 6.30. The molecular weight excluding hydrogens is 412 g/mol. The fraction of sp³-hybridized carbons (Fsp3) is 0.348. The number of hydrogen-bond donors (Lipinski definition) is 1. The summed E-state index contributed by atoms with van der Waals surface area (Å²) < 4.78 is 3.65. The molecule has 0 bridgehead atoms. The molecule has 0 unspecified atom stereocenters. The van der Waals surface area contributed by atoms with Crippen LogP contribution in [0.3, 0.4) is 0 Å². The fourth-order valence-electron chi connectivity index (χ4n) is 4.52. The zero-order valence-electron chi connectivity index (χ0n) is 17.4. The lowest BCUT2D eigenvalue weighted by molar-refractivity contribution is 0.165. The lowest BCUT2D eigenvalue weighted by Gasteiger charge is -2.42. The Morgan fingerprint density at radius 2 is 1.90 bits per heavy atom. The van der Waals surface area contributed by atoms with Crippen LogP contribution in [0, 0.1) is 0 Å². The van der Waals surface area contributed by atoms with Gasteiger partial charge in [0.25, 0.3) is 0 Å². The number of pyridine rings is 1. The van der Waals surface area contributed by atoms with Gasteiger partial charge in [0.2, 0.25) is 0 Å². The standard InChI is InChI=1S/C23H25ClN6O/c1-28-15-17(14-25-28)13-21-26-22-20(3-2-10-30(22)27-21)29-11-8-23(16-31,9-12-29)18-4-6-19(24)7-5-18/h2-7,10,14-15,31H,8-9,11-13,16H2,1H3. The fourth-order valence-corrected chi connectivity index (χ4v) is 4.65. The van der Waals surface area contributed by atoms with Crippen molar-refractivity contribution in [2.24, 2.45) is 7.05 Å². The van der Waals surface area contributed by atoms with Gasteiger partial charge in [0, 0.05) is 49.4 Å². The van der Waals surface area contributed by atoms with Crippen LogP contribution in [0.5, 0.6) is 0 Å². The Bertz CT molecular complexity index is 1190. The molecule has 1 N–H and O–H groups in total. The van der Waals surface area contributed by atoms with E-state index in [1.807, 2.05) is 60.5 Å². The van der Waals surface area contributed by atoms with Crippen LogP contribution in [0.25, 0.3) is 5.65 Å². The molecule has 0 amide bonds. The highest BCUT2D eigenvalue weighted by atomic mass is 35.5. The first kappa shape index (κ1) is 20.0. The molecule has 0 radical (unpaired) electrons. The van der Waals surface area contributed by atoms with Crippen LogP contribution in [0.15, 0.2) is 55.0 Å². The van der Waals surface area contributed by atoms with Crippen molar-refractivity contribution in [3.05, 3.63) is 77.0 Å². The summed E-state index contributed by atoms with van der Waals surface area (Å²) in [6.07, 6.45) is 8.16. The van der Waals surface area contributed by atoms with Crippen molar-refractivity contribution in [2.45, 2.75) is 24.7 Å². The second-order valence-corrected chi connectivity index (χ2v) is 8.76. The van der Waals surface area contributed by atoms with Crippen LogP contribution in [-0.2, 0) is 18.9 Å². The third-order valence-corrected chi connectivity index (χ3v) is 6.58. The number of aromatic nitrogens is 5. The van der Waals surface area contributed by atoms with Crippen LogP contribution in [-0.4, -0.2) is 49.2 Å². The van der Waals surface area contributed by atoms with Gasteiger partial charge in [-0.15, -0.1) is 0 Å². The van der Waals surface area contributed by atoms with Gasteiger partial charge in [0.1, 0.15) is 0 Å². The molecule has 7 nitrogen and oxygen atoms in total. The lowest BCUT2D eigenvalue weighted by atomic mass is 9.73. The topological polar surface area (TPSA) is 71.5 Å². The molecular formula is C23H25ClN6O. The highest BCUT2D eigenvalue weighted by Gasteiger charge is 2.36. The van der Waals surface area contributed by atoms with E-state index in [0.717, 1.165) is 59.2 Å². The minimum atomic E-state index is -0.231. The quantitative estimate of drug-likeness (QED) is 0.520. The Labute approximate surface area is 185 Å². The number of fused-ring (bicyclic) bond motifs is 1. The number of halogens is 1. The molecule has 3 aromatic heterocycles. The minimum absolute atomic E-state index is 0.132. The van der Waals surface area contributed by atoms with Gasteiger partial charge < -0.3 is 10.0 Å². The highest BCUT2D eigenvalue weighted by Crippen LogP contribution is 2.37. The number of benzene rings is 1. The third kappa shape index (κ3) is 3.79. The van der Waals surface area contributed by atoms with Gasteiger partial charge in [0.15, 0.2) is 11.5 Å². The van der Waals surface area contributed by atoms with Crippen LogP contribution < -0.4 is 4.90 Å². The molecule has 1 saturated heterocycles. The first-order chi connectivity index (χ1) is 15.1. The molecule has 8 heteroatoms. The smallest absolute Gasteiger partial charge is 0.178 e. The second kappa shape index (κ2) is 7.98. The summed E-state index contributed by atoms with van der Waals surface area (Å²) >= 11 is 6.06. The van der Waals surface area contributed by atoms with Gasteiger partial charge in [-0.25, -0.2) is 9.50 Å². The predicted molar refractivity (Wildman–Crippen MR) is 121 cm³/mol. The van der Waals surface area contributed by atoms with Gasteiger partial charge in [-0.05, 0) is 48.2 Å². The number of nitrogens with zero attached hydrogens (tertiary/aromatic N) is 6. The monoisotopic (exact) mass is 436 g/mol. The molecule has 4 heterocycles. The van der Waals surface area contributed by atoms with Gasteiger partial charge in [-0.3, -0.25) is 4.68 Å². The number of hydrogen-bond acceptors (Lipinski definition) is 5. The number of aryl methyl sites for hydroxylation is 1. The van der Waals surface area contributed by atoms with Crippen molar-refractivity contribution in [1.82, 2.24) is 24.4 Å². The molecule has 0 atom stereocenters. The molecule has 1 aromatic carbocycles. The van der Waals surface area contributed by atoms with Gasteiger partial charge in [-0.1, -0.05) is 23.7 Å². The van der Waals surface area contributed by atoms with Crippen molar-refractivity contribution in [3.8, 4) is 0 Å². The maximum Gasteiger partial charge on any atom is 0.178 e. The van der Waals surface area contributed by atoms with Gasteiger partial charge in [0.05, 0.1) is 18.5 Å². The van der Waals surface area contributed by atoms with Crippen LogP contribution in [0.4, 0.5) is 5.69 Å². The van der Waals surface area contributed by atoms with E-state index < -0.39 is 0 Å². The average Bonchev–Trinajstić information content (AvgIpc) is 3.39. The Balaban J connectivity index is 1.38. The maximum absolute atomic E-state index is 10.3. The van der Waals surface area contributed by atoms with Crippen molar-refractivity contribution >= 4 is 22.9 Å². The Kier molecular flexibility index (Phi) is 5.16.